The van der Waals surface area contributed by atoms with Crippen molar-refractivity contribution in [1.29, 1.82) is 0 Å². The number of benzene rings is 1. The van der Waals surface area contributed by atoms with E-state index in [0.717, 1.165) is 41.8 Å². The number of halogens is 3. The first-order chi connectivity index (χ1) is 13.6. The molecule has 3 rings (SSSR count). The molecule has 0 atom stereocenters. The molecule has 0 fully saturated rings. The second-order valence-electron chi connectivity index (χ2n) is 6.12. The predicted octanol–water partition coefficient (Wildman–Crippen LogP) is 3.74. The first kappa shape index (κ1) is 21.2. The number of nitrogens with one attached hydrogen (secondary N) is 1. The lowest BCUT2D eigenvalue weighted by Crippen LogP contribution is -2.22. The molecule has 2 amide bonds. The third kappa shape index (κ3) is 5.30. The van der Waals surface area contributed by atoms with Gasteiger partial charge in [-0.15, -0.1) is 11.3 Å². The number of fused-ring (bicyclic) bond motifs is 1. The number of ether oxygens (including phenoxy) is 1. The number of primary amides is 1. The minimum atomic E-state index is -4.42. The number of carbonyl (C=O) groups is 3. The van der Waals surface area contributed by atoms with Gasteiger partial charge in [0.2, 0.25) is 0 Å². The van der Waals surface area contributed by atoms with E-state index in [9.17, 15) is 27.6 Å². The van der Waals surface area contributed by atoms with E-state index in [-0.39, 0.29) is 22.2 Å². The zero-order chi connectivity index (χ0) is 21.2. The van der Waals surface area contributed by atoms with Crippen molar-refractivity contribution >= 4 is 45.9 Å². The zero-order valence-electron chi connectivity index (χ0n) is 14.8. The Kier molecular flexibility index (Phi) is 6.18. The maximum Gasteiger partial charge on any atom is 0.446 e. The molecule has 2 aromatic rings. The van der Waals surface area contributed by atoms with Gasteiger partial charge < -0.3 is 15.8 Å². The molecule has 0 saturated heterocycles. The Morgan fingerprint density at radius 2 is 1.86 bits per heavy atom. The molecule has 1 aromatic heterocycles. The smallest absolute Gasteiger partial charge is 0.446 e. The molecule has 29 heavy (non-hydrogen) atoms. The molecule has 1 aliphatic carbocycles. The van der Waals surface area contributed by atoms with Crippen molar-refractivity contribution in [3.05, 3.63) is 45.8 Å². The van der Waals surface area contributed by atoms with E-state index in [2.05, 4.69) is 5.32 Å². The van der Waals surface area contributed by atoms with Gasteiger partial charge in [-0.3, -0.25) is 9.59 Å². The third-order valence-electron chi connectivity index (χ3n) is 4.08. The van der Waals surface area contributed by atoms with Gasteiger partial charge >= 0.3 is 11.5 Å². The molecule has 1 aromatic carbocycles. The number of esters is 1. The fraction of sp³-hybridized carbons (Fsp3) is 0.278. The summed E-state index contributed by atoms with van der Waals surface area (Å²) in [7, 11) is 0. The molecule has 0 unspecified atom stereocenters. The predicted molar refractivity (Wildman–Crippen MR) is 102 cm³/mol. The van der Waals surface area contributed by atoms with E-state index < -0.39 is 29.9 Å². The molecule has 154 valence electrons. The van der Waals surface area contributed by atoms with Crippen LogP contribution in [0, 0.1) is 0 Å². The van der Waals surface area contributed by atoms with E-state index in [1.54, 1.807) is 0 Å². The number of anilines is 1. The van der Waals surface area contributed by atoms with Gasteiger partial charge in [-0.05, 0) is 60.9 Å². The van der Waals surface area contributed by atoms with Crippen LogP contribution in [-0.2, 0) is 22.4 Å². The fourth-order valence-electron chi connectivity index (χ4n) is 2.92. The summed E-state index contributed by atoms with van der Waals surface area (Å²) in [5, 5.41) is 2.87. The van der Waals surface area contributed by atoms with Crippen LogP contribution in [0.3, 0.4) is 0 Å². The van der Waals surface area contributed by atoms with Gasteiger partial charge in [-0.1, -0.05) is 0 Å². The molecule has 3 N–H and O–H groups in total. The van der Waals surface area contributed by atoms with Crippen LogP contribution in [0.1, 0.15) is 37.6 Å². The summed E-state index contributed by atoms with van der Waals surface area (Å²) < 4.78 is 41.8. The lowest BCUT2D eigenvalue weighted by Gasteiger charge is -2.08. The molecule has 6 nitrogen and oxygen atoms in total. The summed E-state index contributed by atoms with van der Waals surface area (Å²) in [6.07, 6.45) is 2.46. The average Bonchev–Trinajstić information content (AvgIpc) is 3.19. The average molecular weight is 444 g/mol. The molecule has 0 aliphatic heterocycles. The molecule has 0 radical (unpaired) electrons. The lowest BCUT2D eigenvalue weighted by atomic mass is 10.1. The Labute approximate surface area is 171 Å². The number of hydrogen-bond acceptors (Lipinski definition) is 6. The Morgan fingerprint density at radius 3 is 2.48 bits per heavy atom. The van der Waals surface area contributed by atoms with Crippen molar-refractivity contribution in [3.63, 3.8) is 0 Å². The Morgan fingerprint density at radius 1 is 1.17 bits per heavy atom. The van der Waals surface area contributed by atoms with Crippen LogP contribution < -0.4 is 11.1 Å². The highest BCUT2D eigenvalue weighted by Gasteiger charge is 2.29. The number of nitrogens with two attached hydrogens (primary N) is 1. The highest BCUT2D eigenvalue weighted by Crippen LogP contribution is 2.39. The van der Waals surface area contributed by atoms with Crippen molar-refractivity contribution < 1.29 is 32.3 Å². The Hall–Kier alpha value is -2.53. The molecule has 11 heteroatoms. The van der Waals surface area contributed by atoms with E-state index in [0.29, 0.717) is 10.6 Å². The molecule has 0 spiro atoms. The molecule has 0 bridgehead atoms. The summed E-state index contributed by atoms with van der Waals surface area (Å²) in [5.74, 6) is -2.13. The maximum atomic E-state index is 12.3. The van der Waals surface area contributed by atoms with E-state index in [1.165, 1.54) is 23.5 Å². The summed E-state index contributed by atoms with van der Waals surface area (Å²) in [6, 6.07) is 4.65. The van der Waals surface area contributed by atoms with Crippen LogP contribution in [0.4, 0.5) is 18.2 Å². The van der Waals surface area contributed by atoms with E-state index in [1.807, 2.05) is 0 Å². The Balaban J connectivity index is 1.57. The van der Waals surface area contributed by atoms with Crippen LogP contribution in [0.15, 0.2) is 29.2 Å². The normalized spacial score (nSPS) is 13.1. The molecule has 0 saturated carbocycles. The number of thiophene rings is 1. The van der Waals surface area contributed by atoms with Gasteiger partial charge in [0.25, 0.3) is 11.8 Å². The van der Waals surface area contributed by atoms with Crippen molar-refractivity contribution in [3.8, 4) is 0 Å². The number of aryl methyl sites for hydroxylation is 1. The summed E-state index contributed by atoms with van der Waals surface area (Å²) in [5.41, 5.74) is 2.15. The maximum absolute atomic E-state index is 12.3. The van der Waals surface area contributed by atoms with Gasteiger partial charge in [0.15, 0.2) is 6.61 Å². The number of rotatable bonds is 6. The van der Waals surface area contributed by atoms with Crippen molar-refractivity contribution in [1.82, 2.24) is 0 Å². The topological polar surface area (TPSA) is 98.5 Å². The second kappa shape index (κ2) is 8.46. The minimum absolute atomic E-state index is 0.0113. The number of thioether (sulfide) groups is 1. The third-order valence-corrected chi connectivity index (χ3v) is 6.03. The van der Waals surface area contributed by atoms with Crippen LogP contribution in [0.2, 0.25) is 0 Å². The van der Waals surface area contributed by atoms with Crippen molar-refractivity contribution in [2.24, 2.45) is 5.73 Å². The fourth-order valence-corrected chi connectivity index (χ4v) is 4.77. The number of carbonyl (C=O) groups excluding carboxylic acids is 3. The summed E-state index contributed by atoms with van der Waals surface area (Å²) in [6.45, 7) is -0.612. The van der Waals surface area contributed by atoms with E-state index >= 15 is 0 Å². The molecular formula is C18H15F3N2O4S2. The first-order valence-electron chi connectivity index (χ1n) is 8.41. The number of amides is 2. The number of hydrogen-bond donors (Lipinski definition) is 2. The molecular weight excluding hydrogens is 429 g/mol. The Bertz CT molecular complexity index is 955. The van der Waals surface area contributed by atoms with Crippen LogP contribution >= 0.6 is 23.1 Å². The molecule has 1 aliphatic rings. The largest absolute Gasteiger partial charge is 0.452 e. The monoisotopic (exact) mass is 444 g/mol. The SMILES string of the molecule is NC(=O)c1c(NC(=O)COC(=O)c2ccc(SC(F)(F)F)cc2)sc2c1CCC2. The summed E-state index contributed by atoms with van der Waals surface area (Å²) >= 11 is 0.976. The quantitative estimate of drug-likeness (QED) is 0.522. The summed E-state index contributed by atoms with van der Waals surface area (Å²) in [4.78, 5) is 36.7. The highest BCUT2D eigenvalue weighted by molar-refractivity contribution is 8.00. The first-order valence-corrected chi connectivity index (χ1v) is 10.0. The van der Waals surface area contributed by atoms with Crippen molar-refractivity contribution in [2.45, 2.75) is 29.7 Å². The van der Waals surface area contributed by atoms with Gasteiger partial charge in [-0.25, -0.2) is 4.79 Å². The van der Waals surface area contributed by atoms with Crippen LogP contribution in [-0.4, -0.2) is 29.9 Å². The molecule has 1 heterocycles. The van der Waals surface area contributed by atoms with Crippen LogP contribution in [0.5, 0.6) is 0 Å². The van der Waals surface area contributed by atoms with E-state index in [4.69, 9.17) is 10.5 Å². The lowest BCUT2D eigenvalue weighted by molar-refractivity contribution is -0.119. The van der Waals surface area contributed by atoms with Gasteiger partial charge in [-0.2, -0.15) is 13.2 Å². The second-order valence-corrected chi connectivity index (χ2v) is 8.37. The standard InChI is InChI=1S/C18H15F3N2O4S2/c19-18(20,21)29-10-6-4-9(5-7-10)17(26)27-8-13(24)23-16-14(15(22)25)11-2-1-3-12(11)28-16/h4-7H,1-3,8H2,(H2,22,25)(H,23,24). The number of alkyl halides is 3. The van der Waals surface area contributed by atoms with Crippen LogP contribution in [0.25, 0.3) is 0 Å². The zero-order valence-corrected chi connectivity index (χ0v) is 16.4. The van der Waals surface area contributed by atoms with Gasteiger partial charge in [0.1, 0.15) is 5.00 Å². The highest BCUT2D eigenvalue weighted by atomic mass is 32.2. The van der Waals surface area contributed by atoms with Gasteiger partial charge in [0.05, 0.1) is 11.1 Å². The minimum Gasteiger partial charge on any atom is -0.452 e. The van der Waals surface area contributed by atoms with Gasteiger partial charge in [0, 0.05) is 9.77 Å². The van der Waals surface area contributed by atoms with Crippen molar-refractivity contribution in [2.75, 3.05) is 11.9 Å².